The van der Waals surface area contributed by atoms with Crippen molar-refractivity contribution in [3.63, 3.8) is 0 Å². The van der Waals surface area contributed by atoms with Crippen molar-refractivity contribution >= 4 is 23.4 Å². The van der Waals surface area contributed by atoms with Crippen LogP contribution < -0.4 is 5.32 Å². The van der Waals surface area contributed by atoms with E-state index < -0.39 is 0 Å². The maximum Gasteiger partial charge on any atom is 0.0406 e. The van der Waals surface area contributed by atoms with Crippen molar-refractivity contribution in [2.45, 2.75) is 49.8 Å². The van der Waals surface area contributed by atoms with Crippen LogP contribution in [0.5, 0.6) is 0 Å². The van der Waals surface area contributed by atoms with E-state index in [0.29, 0.717) is 11.3 Å². The molecule has 0 aromatic heterocycles. The zero-order valence-corrected chi connectivity index (χ0v) is 12.4. The highest BCUT2D eigenvalue weighted by molar-refractivity contribution is 8.00. The molecule has 0 aliphatic carbocycles. The molecule has 1 unspecified atom stereocenters. The quantitative estimate of drug-likeness (QED) is 0.728. The molecule has 1 nitrogen and oxygen atoms in total. The number of hydrogen-bond acceptors (Lipinski definition) is 2. The fourth-order valence-corrected chi connectivity index (χ4v) is 2.76. The molecule has 0 bridgehead atoms. The van der Waals surface area contributed by atoms with Crippen molar-refractivity contribution in [3.05, 3.63) is 29.3 Å². The average Bonchev–Trinajstić information content (AvgIpc) is 2.33. The Kier molecular flexibility index (Phi) is 7.02. The van der Waals surface area contributed by atoms with E-state index in [2.05, 4.69) is 38.2 Å². The number of hydrogen-bond donors (Lipinski definition) is 1. The summed E-state index contributed by atoms with van der Waals surface area (Å²) in [6.45, 7) is 7.78. The molecule has 1 atom stereocenters. The highest BCUT2D eigenvalue weighted by Crippen LogP contribution is 2.24. The molecule has 17 heavy (non-hydrogen) atoms. The first-order chi connectivity index (χ1) is 8.15. The van der Waals surface area contributed by atoms with Crippen LogP contribution >= 0.6 is 23.4 Å². The summed E-state index contributed by atoms with van der Waals surface area (Å²) in [6.07, 6.45) is 2.41. The molecule has 0 spiro atoms. The molecule has 1 aromatic rings. The van der Waals surface area contributed by atoms with E-state index in [1.807, 2.05) is 23.9 Å². The lowest BCUT2D eigenvalue weighted by molar-refractivity contribution is 0.488. The second-order valence-electron chi connectivity index (χ2n) is 4.30. The van der Waals surface area contributed by atoms with E-state index in [1.165, 1.54) is 17.7 Å². The van der Waals surface area contributed by atoms with Crippen molar-refractivity contribution in [1.29, 1.82) is 0 Å². The zero-order valence-electron chi connectivity index (χ0n) is 10.9. The molecular weight excluding hydrogens is 250 g/mol. The van der Waals surface area contributed by atoms with Crippen molar-refractivity contribution in [2.75, 3.05) is 6.54 Å². The summed E-state index contributed by atoms with van der Waals surface area (Å²) in [5.74, 6) is 0. The van der Waals surface area contributed by atoms with Gasteiger partial charge in [0.25, 0.3) is 0 Å². The molecule has 1 aromatic carbocycles. The molecule has 0 saturated heterocycles. The molecular formula is C14H22ClNS. The Morgan fingerprint density at radius 1 is 1.18 bits per heavy atom. The molecule has 0 amide bonds. The minimum Gasteiger partial charge on any atom is -0.313 e. The van der Waals surface area contributed by atoms with Gasteiger partial charge in [-0.05, 0) is 37.1 Å². The number of rotatable bonds is 7. The van der Waals surface area contributed by atoms with E-state index in [-0.39, 0.29) is 0 Å². The first-order valence-electron chi connectivity index (χ1n) is 6.31. The summed E-state index contributed by atoms with van der Waals surface area (Å²) >= 11 is 7.76. The van der Waals surface area contributed by atoms with Crippen LogP contribution in [0.25, 0.3) is 0 Å². The molecule has 0 saturated carbocycles. The predicted octanol–water partition coefficient (Wildman–Crippen LogP) is 4.60. The van der Waals surface area contributed by atoms with E-state index in [0.717, 1.165) is 11.6 Å². The predicted molar refractivity (Wildman–Crippen MR) is 79.1 cm³/mol. The Morgan fingerprint density at radius 3 is 2.29 bits per heavy atom. The van der Waals surface area contributed by atoms with Crippen LogP contribution in [0.15, 0.2) is 29.2 Å². The number of benzene rings is 1. The smallest absolute Gasteiger partial charge is 0.0406 e. The van der Waals surface area contributed by atoms with Gasteiger partial charge in [0, 0.05) is 27.8 Å². The van der Waals surface area contributed by atoms with Gasteiger partial charge in [-0.1, -0.05) is 32.4 Å². The summed E-state index contributed by atoms with van der Waals surface area (Å²) in [4.78, 5) is 1.29. The van der Waals surface area contributed by atoms with Gasteiger partial charge in [0.05, 0.1) is 0 Å². The highest BCUT2D eigenvalue weighted by atomic mass is 35.5. The van der Waals surface area contributed by atoms with Gasteiger partial charge >= 0.3 is 0 Å². The third-order valence-corrected chi connectivity index (χ3v) is 4.20. The largest absolute Gasteiger partial charge is 0.313 e. The lowest BCUT2D eigenvalue weighted by Crippen LogP contribution is -2.32. The zero-order chi connectivity index (χ0) is 12.7. The van der Waals surface area contributed by atoms with Crippen molar-refractivity contribution < 1.29 is 0 Å². The van der Waals surface area contributed by atoms with Gasteiger partial charge in [-0.3, -0.25) is 0 Å². The standard InChI is InChI=1S/C14H22ClNS/c1-4-13(5-2)16-10-11(3)17-14-8-6-12(15)7-9-14/h6-9,11,13,16H,4-5,10H2,1-3H3. The second-order valence-corrected chi connectivity index (χ2v) is 6.25. The van der Waals surface area contributed by atoms with Crippen LogP contribution in [-0.4, -0.2) is 17.8 Å². The molecule has 96 valence electrons. The van der Waals surface area contributed by atoms with E-state index >= 15 is 0 Å². The Balaban J connectivity index is 2.34. The maximum absolute atomic E-state index is 5.87. The molecule has 0 aliphatic rings. The van der Waals surface area contributed by atoms with Gasteiger partial charge in [-0.2, -0.15) is 0 Å². The fraction of sp³-hybridized carbons (Fsp3) is 0.571. The Bertz CT molecular complexity index is 309. The Morgan fingerprint density at radius 2 is 1.76 bits per heavy atom. The second kappa shape index (κ2) is 8.02. The highest BCUT2D eigenvalue weighted by Gasteiger charge is 2.07. The lowest BCUT2D eigenvalue weighted by atomic mass is 10.2. The van der Waals surface area contributed by atoms with Gasteiger partial charge in [-0.15, -0.1) is 11.8 Å². The van der Waals surface area contributed by atoms with Crippen LogP contribution in [0.2, 0.25) is 5.02 Å². The molecule has 0 radical (unpaired) electrons. The van der Waals surface area contributed by atoms with E-state index in [4.69, 9.17) is 11.6 Å². The van der Waals surface area contributed by atoms with Crippen molar-refractivity contribution in [1.82, 2.24) is 5.32 Å². The van der Waals surface area contributed by atoms with Crippen LogP contribution in [0.1, 0.15) is 33.6 Å². The summed E-state index contributed by atoms with van der Waals surface area (Å²) < 4.78 is 0. The maximum atomic E-state index is 5.87. The fourth-order valence-electron chi connectivity index (χ4n) is 1.70. The topological polar surface area (TPSA) is 12.0 Å². The van der Waals surface area contributed by atoms with Crippen molar-refractivity contribution in [2.24, 2.45) is 0 Å². The summed E-state index contributed by atoms with van der Waals surface area (Å²) in [5.41, 5.74) is 0. The first kappa shape index (κ1) is 14.9. The molecule has 3 heteroatoms. The SMILES string of the molecule is CCC(CC)NCC(C)Sc1ccc(Cl)cc1. The third kappa shape index (κ3) is 5.80. The third-order valence-electron chi connectivity index (χ3n) is 2.83. The number of nitrogens with one attached hydrogen (secondary N) is 1. The van der Waals surface area contributed by atoms with E-state index in [9.17, 15) is 0 Å². The molecule has 1 N–H and O–H groups in total. The Labute approximate surface area is 114 Å². The normalized spacial score (nSPS) is 13.0. The Hall–Kier alpha value is -0.180. The van der Waals surface area contributed by atoms with Gasteiger partial charge in [0.1, 0.15) is 0 Å². The van der Waals surface area contributed by atoms with E-state index in [1.54, 1.807) is 0 Å². The number of halogens is 1. The minimum atomic E-state index is 0.580. The van der Waals surface area contributed by atoms with Gasteiger partial charge in [0.2, 0.25) is 0 Å². The number of thioether (sulfide) groups is 1. The van der Waals surface area contributed by atoms with Crippen LogP contribution in [0.3, 0.4) is 0 Å². The lowest BCUT2D eigenvalue weighted by Gasteiger charge is -2.18. The summed E-state index contributed by atoms with van der Waals surface area (Å²) in [7, 11) is 0. The van der Waals surface area contributed by atoms with Crippen molar-refractivity contribution in [3.8, 4) is 0 Å². The van der Waals surface area contributed by atoms with Gasteiger partial charge in [-0.25, -0.2) is 0 Å². The molecule has 0 heterocycles. The molecule has 0 aliphatic heterocycles. The summed E-state index contributed by atoms with van der Waals surface area (Å²) in [6, 6.07) is 8.72. The minimum absolute atomic E-state index is 0.580. The first-order valence-corrected chi connectivity index (χ1v) is 7.57. The monoisotopic (exact) mass is 271 g/mol. The van der Waals surface area contributed by atoms with Crippen LogP contribution in [0.4, 0.5) is 0 Å². The van der Waals surface area contributed by atoms with Gasteiger partial charge in [0.15, 0.2) is 0 Å². The summed E-state index contributed by atoms with van der Waals surface area (Å²) in [5, 5.41) is 4.99. The average molecular weight is 272 g/mol. The molecule has 0 fully saturated rings. The van der Waals surface area contributed by atoms with Crippen LogP contribution in [0, 0.1) is 0 Å². The van der Waals surface area contributed by atoms with Crippen LogP contribution in [-0.2, 0) is 0 Å². The van der Waals surface area contributed by atoms with Gasteiger partial charge < -0.3 is 5.32 Å². The molecule has 1 rings (SSSR count).